The summed E-state index contributed by atoms with van der Waals surface area (Å²) in [5, 5.41) is 6.77. The average Bonchev–Trinajstić information content (AvgIpc) is 3.07. The summed E-state index contributed by atoms with van der Waals surface area (Å²) in [5.41, 5.74) is 4.38. The molecule has 1 aromatic carbocycles. The van der Waals surface area contributed by atoms with Crippen LogP contribution in [0.5, 0.6) is 0 Å². The zero-order valence-corrected chi connectivity index (χ0v) is 15.6. The highest BCUT2D eigenvalue weighted by Gasteiger charge is 2.39. The van der Waals surface area contributed by atoms with Gasteiger partial charge in [0.25, 0.3) is 0 Å². The van der Waals surface area contributed by atoms with Crippen LogP contribution in [0.25, 0.3) is 0 Å². The molecule has 3 aliphatic rings. The molecule has 140 valence electrons. The molecule has 1 aliphatic carbocycles. The minimum Gasteiger partial charge on any atom is -0.369 e. The van der Waals surface area contributed by atoms with Crippen molar-refractivity contribution in [2.75, 3.05) is 36.4 Å². The van der Waals surface area contributed by atoms with Gasteiger partial charge >= 0.3 is 0 Å². The Morgan fingerprint density at radius 1 is 1.00 bits per heavy atom. The fourth-order valence-corrected chi connectivity index (χ4v) is 4.48. The van der Waals surface area contributed by atoms with Crippen molar-refractivity contribution in [3.8, 4) is 0 Å². The first-order valence-corrected chi connectivity index (χ1v) is 10.1. The number of aliphatic imine (C=N–C) groups is 1. The molecule has 2 aromatic rings. The second-order valence-corrected chi connectivity index (χ2v) is 7.76. The van der Waals surface area contributed by atoms with Crippen LogP contribution in [0.1, 0.15) is 43.4 Å². The van der Waals surface area contributed by atoms with Gasteiger partial charge in [-0.05, 0) is 37.1 Å². The van der Waals surface area contributed by atoms with Gasteiger partial charge < -0.3 is 15.5 Å². The van der Waals surface area contributed by atoms with Crippen molar-refractivity contribution in [2.45, 2.75) is 37.6 Å². The topological polar surface area (TPSA) is 65.4 Å². The van der Waals surface area contributed by atoms with E-state index in [1.165, 1.54) is 24.9 Å². The third kappa shape index (κ3) is 3.18. The summed E-state index contributed by atoms with van der Waals surface area (Å²) < 4.78 is 0. The van der Waals surface area contributed by atoms with Crippen LogP contribution in [0.15, 0.2) is 35.5 Å². The molecule has 1 saturated carbocycles. The van der Waals surface area contributed by atoms with Gasteiger partial charge in [-0.25, -0.2) is 9.97 Å². The quantitative estimate of drug-likeness (QED) is 0.878. The number of hydrogen-bond acceptors (Lipinski definition) is 6. The number of nitrogens with zero attached hydrogens (tertiary/aromatic N) is 4. The molecule has 3 heterocycles. The normalized spacial score (nSPS) is 20.7. The Kier molecular flexibility index (Phi) is 4.28. The van der Waals surface area contributed by atoms with Crippen LogP contribution in [0.2, 0.25) is 0 Å². The fourth-order valence-electron chi connectivity index (χ4n) is 4.48. The predicted octanol–water partition coefficient (Wildman–Crippen LogP) is 3.22. The number of nitrogens with one attached hydrogen (secondary N) is 2. The van der Waals surface area contributed by atoms with Crippen LogP contribution in [0, 0.1) is 0 Å². The smallest absolute Gasteiger partial charge is 0.227 e. The van der Waals surface area contributed by atoms with E-state index >= 15 is 0 Å². The zero-order valence-electron chi connectivity index (χ0n) is 15.6. The lowest BCUT2D eigenvalue weighted by molar-refractivity contribution is 0.304. The highest BCUT2D eigenvalue weighted by atomic mass is 15.2. The summed E-state index contributed by atoms with van der Waals surface area (Å²) in [7, 11) is 0. The second kappa shape index (κ2) is 6.93. The second-order valence-electron chi connectivity index (χ2n) is 7.76. The van der Waals surface area contributed by atoms with Gasteiger partial charge in [0.15, 0.2) is 0 Å². The molecule has 0 bridgehead atoms. The standard InChI is InChI=1S/C21H26N6/c1-2-8-21(9-3-1)19-16(15-24-21)14-23-20(26-19)25-17-4-6-18(7-5-17)27-12-10-22-11-13-27/h4-7,14-15,22H,1-3,8-13H2,(H,23,25,26). The summed E-state index contributed by atoms with van der Waals surface area (Å²) in [6, 6.07) is 8.57. The van der Waals surface area contributed by atoms with E-state index in [0.29, 0.717) is 5.95 Å². The van der Waals surface area contributed by atoms with Crippen molar-refractivity contribution < 1.29 is 0 Å². The number of piperazine rings is 1. The molecule has 6 heteroatoms. The molecular formula is C21H26N6. The van der Waals surface area contributed by atoms with Crippen molar-refractivity contribution in [1.82, 2.24) is 15.3 Å². The molecule has 5 rings (SSSR count). The molecule has 0 radical (unpaired) electrons. The van der Waals surface area contributed by atoms with Gasteiger partial charge in [-0.3, -0.25) is 4.99 Å². The first-order valence-electron chi connectivity index (χ1n) is 10.1. The van der Waals surface area contributed by atoms with Crippen LogP contribution < -0.4 is 15.5 Å². The van der Waals surface area contributed by atoms with E-state index in [9.17, 15) is 0 Å². The molecule has 27 heavy (non-hydrogen) atoms. The van der Waals surface area contributed by atoms with Crippen molar-refractivity contribution in [3.63, 3.8) is 0 Å². The molecule has 1 spiro atoms. The first-order chi connectivity index (χ1) is 13.3. The molecule has 2 fully saturated rings. The molecule has 2 N–H and O–H groups in total. The fraction of sp³-hybridized carbons (Fsp3) is 0.476. The van der Waals surface area contributed by atoms with Crippen LogP contribution in [-0.2, 0) is 5.54 Å². The Morgan fingerprint density at radius 2 is 1.78 bits per heavy atom. The average molecular weight is 362 g/mol. The maximum Gasteiger partial charge on any atom is 0.227 e. The minimum absolute atomic E-state index is 0.0981. The lowest BCUT2D eigenvalue weighted by Gasteiger charge is -2.30. The Labute approximate surface area is 160 Å². The van der Waals surface area contributed by atoms with Crippen LogP contribution >= 0.6 is 0 Å². The van der Waals surface area contributed by atoms with Crippen LogP contribution in [0.4, 0.5) is 17.3 Å². The summed E-state index contributed by atoms with van der Waals surface area (Å²) in [6.07, 6.45) is 9.86. The van der Waals surface area contributed by atoms with E-state index in [-0.39, 0.29) is 5.54 Å². The number of benzene rings is 1. The van der Waals surface area contributed by atoms with Crippen molar-refractivity contribution >= 4 is 23.5 Å². The monoisotopic (exact) mass is 362 g/mol. The molecule has 1 aromatic heterocycles. The molecule has 0 atom stereocenters. The van der Waals surface area contributed by atoms with Crippen LogP contribution in [0.3, 0.4) is 0 Å². The zero-order chi connectivity index (χ0) is 18.1. The SMILES string of the molecule is C1=NC2(CCCCC2)c2nc(Nc3ccc(N4CCNCC4)cc3)ncc21. The van der Waals surface area contributed by atoms with Gasteiger partial charge in [0.1, 0.15) is 5.54 Å². The Balaban J connectivity index is 1.34. The number of rotatable bonds is 3. The van der Waals surface area contributed by atoms with E-state index in [1.54, 1.807) is 0 Å². The summed E-state index contributed by atoms with van der Waals surface area (Å²) >= 11 is 0. The van der Waals surface area contributed by atoms with E-state index in [1.807, 2.05) is 12.4 Å². The predicted molar refractivity (Wildman–Crippen MR) is 109 cm³/mol. The number of anilines is 3. The summed E-state index contributed by atoms with van der Waals surface area (Å²) in [6.45, 7) is 4.21. The molecule has 0 amide bonds. The van der Waals surface area contributed by atoms with Crippen molar-refractivity contribution in [3.05, 3.63) is 41.7 Å². The Hall–Kier alpha value is -2.47. The van der Waals surface area contributed by atoms with Gasteiger partial charge in [-0.2, -0.15) is 0 Å². The van der Waals surface area contributed by atoms with Gasteiger partial charge in [0.2, 0.25) is 5.95 Å². The first kappa shape index (κ1) is 16.7. The van der Waals surface area contributed by atoms with Gasteiger partial charge in [0, 0.05) is 55.5 Å². The minimum atomic E-state index is -0.0981. The van der Waals surface area contributed by atoms with Gasteiger partial charge in [-0.1, -0.05) is 19.3 Å². The third-order valence-corrected chi connectivity index (χ3v) is 5.99. The molecule has 6 nitrogen and oxygen atoms in total. The van der Waals surface area contributed by atoms with E-state index in [4.69, 9.17) is 9.98 Å². The third-order valence-electron chi connectivity index (χ3n) is 5.99. The Bertz CT molecular complexity index is 832. The maximum absolute atomic E-state index is 4.87. The van der Waals surface area contributed by atoms with Gasteiger partial charge in [-0.15, -0.1) is 0 Å². The van der Waals surface area contributed by atoms with Crippen LogP contribution in [-0.4, -0.2) is 42.4 Å². The molecular weight excluding hydrogens is 336 g/mol. The lowest BCUT2D eigenvalue weighted by Crippen LogP contribution is -2.43. The summed E-state index contributed by atoms with van der Waals surface area (Å²) in [4.78, 5) is 16.6. The van der Waals surface area contributed by atoms with E-state index in [0.717, 1.165) is 56.0 Å². The Morgan fingerprint density at radius 3 is 2.56 bits per heavy atom. The largest absolute Gasteiger partial charge is 0.369 e. The molecule has 2 aliphatic heterocycles. The van der Waals surface area contributed by atoms with E-state index in [2.05, 4.69) is 44.8 Å². The molecule has 0 unspecified atom stereocenters. The highest BCUT2D eigenvalue weighted by Crippen LogP contribution is 2.43. The van der Waals surface area contributed by atoms with Gasteiger partial charge in [0.05, 0.1) is 5.69 Å². The maximum atomic E-state index is 4.87. The highest BCUT2D eigenvalue weighted by molar-refractivity contribution is 5.85. The number of fused-ring (bicyclic) bond motifs is 2. The number of aromatic nitrogens is 2. The van der Waals surface area contributed by atoms with E-state index < -0.39 is 0 Å². The summed E-state index contributed by atoms with van der Waals surface area (Å²) in [5.74, 6) is 0.666. The van der Waals surface area contributed by atoms with Crippen molar-refractivity contribution in [2.24, 2.45) is 4.99 Å². The molecule has 1 saturated heterocycles. The number of hydrogen-bond donors (Lipinski definition) is 2. The lowest BCUT2D eigenvalue weighted by atomic mass is 9.80. The van der Waals surface area contributed by atoms with Crippen molar-refractivity contribution in [1.29, 1.82) is 0 Å².